The second kappa shape index (κ2) is 7.39. The van der Waals surface area contributed by atoms with Gasteiger partial charge in [-0.25, -0.2) is 13.1 Å². The van der Waals surface area contributed by atoms with Crippen molar-refractivity contribution in [1.29, 1.82) is 0 Å². The van der Waals surface area contributed by atoms with Gasteiger partial charge in [-0.15, -0.1) is 0 Å². The van der Waals surface area contributed by atoms with Crippen molar-refractivity contribution in [2.24, 2.45) is 5.16 Å². The van der Waals surface area contributed by atoms with Crippen LogP contribution in [-0.4, -0.2) is 57.1 Å². The number of halogens is 1. The highest BCUT2D eigenvalue weighted by Gasteiger charge is 2.28. The molecule has 1 fully saturated rings. The van der Waals surface area contributed by atoms with Crippen LogP contribution in [-0.2, 0) is 14.9 Å². The van der Waals surface area contributed by atoms with Gasteiger partial charge in [0.15, 0.2) is 0 Å². The molecule has 2 atom stereocenters. The Labute approximate surface area is 147 Å². The van der Waals surface area contributed by atoms with E-state index in [-0.39, 0.29) is 12.1 Å². The van der Waals surface area contributed by atoms with E-state index in [2.05, 4.69) is 14.8 Å². The van der Waals surface area contributed by atoms with Crippen molar-refractivity contribution in [1.82, 2.24) is 9.62 Å². The van der Waals surface area contributed by atoms with E-state index in [0.29, 0.717) is 11.6 Å². The number of nitrogens with zero attached hydrogens (tertiary/aromatic N) is 2. The fourth-order valence-corrected chi connectivity index (χ4v) is 4.17. The first-order valence-electron chi connectivity index (χ1n) is 8.07. The number of nitrogens with one attached hydrogen (secondary N) is 1. The molecule has 24 heavy (non-hydrogen) atoms. The highest BCUT2D eigenvalue weighted by molar-refractivity contribution is 7.88. The van der Waals surface area contributed by atoms with Gasteiger partial charge in [-0.1, -0.05) is 28.9 Å². The van der Waals surface area contributed by atoms with Crippen molar-refractivity contribution in [3.63, 3.8) is 0 Å². The van der Waals surface area contributed by atoms with E-state index in [1.54, 1.807) is 0 Å². The molecule has 1 aromatic rings. The minimum absolute atomic E-state index is 0.00709. The van der Waals surface area contributed by atoms with Crippen LogP contribution in [0.3, 0.4) is 0 Å². The lowest BCUT2D eigenvalue weighted by Gasteiger charge is -2.33. The van der Waals surface area contributed by atoms with E-state index >= 15 is 0 Å². The molecule has 1 N–H and O–H groups in total. The SMILES string of the molecule is CS(=O)(=O)NC1CCCN(CC2CC(c3ccc(Cl)cc3)=NO2)C1. The van der Waals surface area contributed by atoms with Crippen LogP contribution in [0.5, 0.6) is 0 Å². The van der Waals surface area contributed by atoms with Gasteiger partial charge < -0.3 is 4.84 Å². The fraction of sp³-hybridized carbons (Fsp3) is 0.562. The second-order valence-corrected chi connectivity index (χ2v) is 8.68. The van der Waals surface area contributed by atoms with E-state index in [1.165, 1.54) is 6.26 Å². The molecule has 0 aliphatic carbocycles. The Morgan fingerprint density at radius 3 is 2.83 bits per heavy atom. The van der Waals surface area contributed by atoms with E-state index in [9.17, 15) is 8.42 Å². The standard InChI is InChI=1S/C16H22ClN3O3S/c1-24(21,22)19-14-3-2-8-20(10-14)11-15-9-16(18-23-15)12-4-6-13(17)7-5-12/h4-7,14-15,19H,2-3,8-11H2,1H3. The van der Waals surface area contributed by atoms with Gasteiger partial charge in [0, 0.05) is 30.6 Å². The summed E-state index contributed by atoms with van der Waals surface area (Å²) in [6, 6.07) is 7.56. The Kier molecular flexibility index (Phi) is 5.44. The van der Waals surface area contributed by atoms with Gasteiger partial charge in [0.1, 0.15) is 6.10 Å². The Hall–Kier alpha value is -1.15. The van der Waals surface area contributed by atoms with Crippen molar-refractivity contribution in [2.75, 3.05) is 25.9 Å². The third kappa shape index (κ3) is 4.92. The average Bonchev–Trinajstić information content (AvgIpc) is 2.95. The van der Waals surface area contributed by atoms with E-state index in [4.69, 9.17) is 16.4 Å². The summed E-state index contributed by atoms with van der Waals surface area (Å²) < 4.78 is 25.5. The molecule has 2 heterocycles. The zero-order chi connectivity index (χ0) is 17.2. The van der Waals surface area contributed by atoms with Gasteiger partial charge in [0.2, 0.25) is 10.0 Å². The topological polar surface area (TPSA) is 71.0 Å². The Bertz CT molecular complexity index is 706. The van der Waals surface area contributed by atoms with Crippen molar-refractivity contribution in [2.45, 2.75) is 31.4 Å². The summed E-state index contributed by atoms with van der Waals surface area (Å²) in [4.78, 5) is 7.81. The maximum absolute atomic E-state index is 11.4. The highest BCUT2D eigenvalue weighted by Crippen LogP contribution is 2.20. The molecule has 1 saturated heterocycles. The summed E-state index contributed by atoms with van der Waals surface area (Å²) in [6.45, 7) is 2.42. The number of piperidine rings is 1. The molecular formula is C16H22ClN3O3S. The maximum atomic E-state index is 11.4. The lowest BCUT2D eigenvalue weighted by Crippen LogP contribution is -2.49. The molecule has 0 radical (unpaired) electrons. The Morgan fingerprint density at radius 2 is 2.12 bits per heavy atom. The third-order valence-electron chi connectivity index (χ3n) is 4.26. The number of hydrogen-bond donors (Lipinski definition) is 1. The normalized spacial score (nSPS) is 25.3. The van der Waals surface area contributed by atoms with Crippen LogP contribution < -0.4 is 4.72 Å². The quantitative estimate of drug-likeness (QED) is 0.857. The number of rotatable bonds is 5. The number of sulfonamides is 1. The summed E-state index contributed by atoms with van der Waals surface area (Å²) in [6.07, 6.45) is 3.82. The second-order valence-electron chi connectivity index (χ2n) is 6.47. The molecule has 0 amide bonds. The lowest BCUT2D eigenvalue weighted by molar-refractivity contribution is 0.0441. The zero-order valence-corrected chi connectivity index (χ0v) is 15.2. The molecule has 6 nitrogen and oxygen atoms in total. The van der Waals surface area contributed by atoms with Crippen molar-refractivity contribution in [3.05, 3.63) is 34.9 Å². The molecule has 0 aromatic heterocycles. The Balaban J connectivity index is 1.52. The van der Waals surface area contributed by atoms with Crippen LogP contribution in [0.25, 0.3) is 0 Å². The molecular weight excluding hydrogens is 350 g/mol. The average molecular weight is 372 g/mol. The lowest BCUT2D eigenvalue weighted by atomic mass is 10.0. The Morgan fingerprint density at radius 1 is 1.38 bits per heavy atom. The van der Waals surface area contributed by atoms with Gasteiger partial charge >= 0.3 is 0 Å². The number of benzene rings is 1. The molecule has 2 unspecified atom stereocenters. The van der Waals surface area contributed by atoms with Gasteiger partial charge in [-0.2, -0.15) is 0 Å². The first-order valence-corrected chi connectivity index (χ1v) is 10.3. The summed E-state index contributed by atoms with van der Waals surface area (Å²) in [5.74, 6) is 0. The smallest absolute Gasteiger partial charge is 0.208 e. The van der Waals surface area contributed by atoms with Gasteiger partial charge in [0.05, 0.1) is 12.0 Å². The minimum Gasteiger partial charge on any atom is -0.390 e. The number of likely N-dealkylation sites (tertiary alicyclic amines) is 1. The summed E-state index contributed by atoms with van der Waals surface area (Å²) in [7, 11) is -3.16. The first-order chi connectivity index (χ1) is 11.4. The van der Waals surface area contributed by atoms with Crippen LogP contribution in [0.4, 0.5) is 0 Å². The van der Waals surface area contributed by atoms with E-state index in [0.717, 1.165) is 43.6 Å². The van der Waals surface area contributed by atoms with Crippen molar-refractivity contribution >= 4 is 27.3 Å². The van der Waals surface area contributed by atoms with Crippen molar-refractivity contribution < 1.29 is 13.3 Å². The fourth-order valence-electron chi connectivity index (χ4n) is 3.25. The first kappa shape index (κ1) is 17.7. The predicted molar refractivity (Wildman–Crippen MR) is 94.9 cm³/mol. The predicted octanol–water partition coefficient (Wildman–Crippen LogP) is 1.85. The number of oxime groups is 1. The number of hydrogen-bond acceptors (Lipinski definition) is 5. The molecule has 0 saturated carbocycles. The summed E-state index contributed by atoms with van der Waals surface area (Å²) in [5.41, 5.74) is 1.96. The van der Waals surface area contributed by atoms with Crippen LogP contribution in [0.1, 0.15) is 24.8 Å². The third-order valence-corrected chi connectivity index (χ3v) is 5.27. The highest BCUT2D eigenvalue weighted by atomic mass is 35.5. The van der Waals surface area contributed by atoms with Gasteiger partial charge in [-0.3, -0.25) is 4.90 Å². The molecule has 2 aliphatic heterocycles. The van der Waals surface area contributed by atoms with Gasteiger partial charge in [-0.05, 0) is 37.1 Å². The largest absolute Gasteiger partial charge is 0.390 e. The van der Waals surface area contributed by atoms with E-state index in [1.807, 2.05) is 24.3 Å². The van der Waals surface area contributed by atoms with Crippen LogP contribution in [0.2, 0.25) is 5.02 Å². The zero-order valence-electron chi connectivity index (χ0n) is 13.6. The molecule has 0 spiro atoms. The molecule has 2 aliphatic rings. The van der Waals surface area contributed by atoms with Crippen LogP contribution in [0.15, 0.2) is 29.4 Å². The summed E-state index contributed by atoms with van der Waals surface area (Å²) in [5, 5.41) is 4.90. The molecule has 8 heteroatoms. The monoisotopic (exact) mass is 371 g/mol. The van der Waals surface area contributed by atoms with Crippen LogP contribution >= 0.6 is 11.6 Å². The molecule has 3 rings (SSSR count). The molecule has 132 valence electrons. The van der Waals surface area contributed by atoms with Crippen LogP contribution in [0, 0.1) is 0 Å². The molecule has 1 aromatic carbocycles. The summed E-state index contributed by atoms with van der Waals surface area (Å²) >= 11 is 5.91. The minimum atomic E-state index is -3.16. The maximum Gasteiger partial charge on any atom is 0.208 e. The van der Waals surface area contributed by atoms with Gasteiger partial charge in [0.25, 0.3) is 0 Å². The molecule has 0 bridgehead atoms. The van der Waals surface area contributed by atoms with E-state index < -0.39 is 10.0 Å². The van der Waals surface area contributed by atoms with Crippen molar-refractivity contribution in [3.8, 4) is 0 Å².